The average molecular weight is 321 g/mol. The van der Waals surface area contributed by atoms with Gasteiger partial charge in [0, 0.05) is 12.1 Å². The second-order valence-corrected chi connectivity index (χ2v) is 5.68. The smallest absolute Gasteiger partial charge is 0.323 e. The number of aryl methyl sites for hydroxylation is 1. The van der Waals surface area contributed by atoms with Crippen LogP contribution in [-0.4, -0.2) is 17.1 Å². The normalized spacial score (nSPS) is 22.9. The van der Waals surface area contributed by atoms with E-state index in [9.17, 15) is 18.0 Å². The third-order valence-electron chi connectivity index (χ3n) is 3.88. The SMILES string of the molecule is Cc1ccnc(Cl)c1NC(=O)C1CCCCC1C(F)(F)F. The molecule has 0 radical (unpaired) electrons. The Morgan fingerprint density at radius 3 is 2.67 bits per heavy atom. The molecule has 1 amide bonds. The van der Waals surface area contributed by atoms with Gasteiger partial charge in [-0.2, -0.15) is 13.2 Å². The molecule has 1 N–H and O–H groups in total. The topological polar surface area (TPSA) is 42.0 Å². The number of pyridine rings is 1. The first-order valence-corrected chi connectivity index (χ1v) is 7.17. The summed E-state index contributed by atoms with van der Waals surface area (Å²) in [5, 5.41) is 2.60. The van der Waals surface area contributed by atoms with Crippen LogP contribution in [-0.2, 0) is 4.79 Å². The summed E-state index contributed by atoms with van der Waals surface area (Å²) < 4.78 is 39.1. The van der Waals surface area contributed by atoms with Crippen LogP contribution in [0.5, 0.6) is 0 Å². The van der Waals surface area contributed by atoms with E-state index in [0.29, 0.717) is 18.4 Å². The highest BCUT2D eigenvalue weighted by Gasteiger charge is 2.48. The summed E-state index contributed by atoms with van der Waals surface area (Å²) in [6.45, 7) is 1.71. The number of halogens is 4. The number of amides is 1. The number of alkyl halides is 3. The predicted octanol–water partition coefficient (Wildman–Crippen LogP) is 4.35. The summed E-state index contributed by atoms with van der Waals surface area (Å²) in [5.74, 6) is -3.27. The van der Waals surface area contributed by atoms with Gasteiger partial charge in [-0.3, -0.25) is 4.79 Å². The van der Waals surface area contributed by atoms with E-state index in [1.54, 1.807) is 13.0 Å². The molecule has 1 aromatic heterocycles. The van der Waals surface area contributed by atoms with E-state index in [2.05, 4.69) is 10.3 Å². The summed E-state index contributed by atoms with van der Waals surface area (Å²) in [6, 6.07) is 1.64. The lowest BCUT2D eigenvalue weighted by Gasteiger charge is -2.32. The van der Waals surface area contributed by atoms with Crippen LogP contribution in [0.2, 0.25) is 5.15 Å². The van der Waals surface area contributed by atoms with Gasteiger partial charge in [-0.15, -0.1) is 0 Å². The molecule has 0 aliphatic heterocycles. The van der Waals surface area contributed by atoms with Crippen LogP contribution in [0.1, 0.15) is 31.2 Å². The largest absolute Gasteiger partial charge is 0.392 e. The number of carbonyl (C=O) groups is 1. The zero-order valence-corrected chi connectivity index (χ0v) is 12.3. The molecule has 2 unspecified atom stereocenters. The number of anilines is 1. The van der Waals surface area contributed by atoms with Crippen molar-refractivity contribution >= 4 is 23.2 Å². The molecule has 7 heteroatoms. The van der Waals surface area contributed by atoms with E-state index in [0.717, 1.165) is 0 Å². The van der Waals surface area contributed by atoms with Gasteiger partial charge < -0.3 is 5.32 Å². The highest BCUT2D eigenvalue weighted by Crippen LogP contribution is 2.42. The summed E-state index contributed by atoms with van der Waals surface area (Å²) in [6.07, 6.45) is -1.50. The molecule has 0 spiro atoms. The van der Waals surface area contributed by atoms with Gasteiger partial charge in [0.25, 0.3) is 0 Å². The first kappa shape index (κ1) is 16.1. The minimum absolute atomic E-state index is 0.00133. The number of hydrogen-bond donors (Lipinski definition) is 1. The molecule has 21 heavy (non-hydrogen) atoms. The van der Waals surface area contributed by atoms with Crippen molar-refractivity contribution in [3.63, 3.8) is 0 Å². The first-order chi connectivity index (χ1) is 9.80. The quantitative estimate of drug-likeness (QED) is 0.823. The second-order valence-electron chi connectivity index (χ2n) is 5.32. The molecule has 1 saturated carbocycles. The first-order valence-electron chi connectivity index (χ1n) is 6.79. The van der Waals surface area contributed by atoms with Crippen molar-refractivity contribution in [3.05, 3.63) is 23.0 Å². The van der Waals surface area contributed by atoms with E-state index in [1.807, 2.05) is 0 Å². The molecule has 1 heterocycles. The lowest BCUT2D eigenvalue weighted by Crippen LogP contribution is -2.39. The fourth-order valence-electron chi connectivity index (χ4n) is 2.73. The lowest BCUT2D eigenvalue weighted by molar-refractivity contribution is -0.197. The zero-order chi connectivity index (χ0) is 15.6. The monoisotopic (exact) mass is 320 g/mol. The second kappa shape index (κ2) is 6.22. The van der Waals surface area contributed by atoms with Crippen molar-refractivity contribution < 1.29 is 18.0 Å². The maximum absolute atomic E-state index is 13.0. The number of hydrogen-bond acceptors (Lipinski definition) is 2. The van der Waals surface area contributed by atoms with E-state index in [1.165, 1.54) is 6.20 Å². The van der Waals surface area contributed by atoms with Gasteiger partial charge in [-0.1, -0.05) is 24.4 Å². The molecule has 3 nitrogen and oxygen atoms in total. The molecule has 2 atom stereocenters. The number of rotatable bonds is 2. The Kier molecular flexibility index (Phi) is 4.76. The van der Waals surface area contributed by atoms with Gasteiger partial charge in [0.1, 0.15) is 0 Å². The number of nitrogens with zero attached hydrogens (tertiary/aromatic N) is 1. The van der Waals surface area contributed by atoms with Crippen molar-refractivity contribution in [2.75, 3.05) is 5.32 Å². The lowest BCUT2D eigenvalue weighted by atomic mass is 9.78. The summed E-state index contributed by atoms with van der Waals surface area (Å²) in [7, 11) is 0. The maximum atomic E-state index is 13.0. The Bertz CT molecular complexity index is 513. The summed E-state index contributed by atoms with van der Waals surface area (Å²) in [5.41, 5.74) is 0.957. The van der Waals surface area contributed by atoms with Gasteiger partial charge >= 0.3 is 6.18 Å². The van der Waals surface area contributed by atoms with Gasteiger partial charge in [0.05, 0.1) is 11.6 Å². The van der Waals surface area contributed by atoms with E-state index < -0.39 is 23.9 Å². The van der Waals surface area contributed by atoms with Gasteiger partial charge in [0.2, 0.25) is 5.91 Å². The molecule has 0 saturated heterocycles. The molecule has 1 aliphatic carbocycles. The summed E-state index contributed by atoms with van der Waals surface area (Å²) >= 11 is 5.89. The molecule has 116 valence electrons. The van der Waals surface area contributed by atoms with E-state index >= 15 is 0 Å². The van der Waals surface area contributed by atoms with E-state index in [-0.39, 0.29) is 23.7 Å². The van der Waals surface area contributed by atoms with Gasteiger partial charge in [-0.25, -0.2) is 4.98 Å². The molecule has 0 aromatic carbocycles. The highest BCUT2D eigenvalue weighted by atomic mass is 35.5. The molecule has 1 aromatic rings. The maximum Gasteiger partial charge on any atom is 0.392 e. The van der Waals surface area contributed by atoms with Crippen LogP contribution >= 0.6 is 11.6 Å². The molecule has 1 fully saturated rings. The van der Waals surface area contributed by atoms with Crippen LogP contribution in [0.25, 0.3) is 0 Å². The Morgan fingerprint density at radius 2 is 2.05 bits per heavy atom. The minimum atomic E-state index is -4.35. The van der Waals surface area contributed by atoms with Crippen molar-refractivity contribution in [3.8, 4) is 0 Å². The molecular formula is C14H16ClF3N2O. The van der Waals surface area contributed by atoms with Crippen LogP contribution < -0.4 is 5.32 Å². The van der Waals surface area contributed by atoms with Gasteiger partial charge in [-0.05, 0) is 31.4 Å². The van der Waals surface area contributed by atoms with Gasteiger partial charge in [0.15, 0.2) is 5.15 Å². The van der Waals surface area contributed by atoms with Crippen molar-refractivity contribution in [1.82, 2.24) is 4.98 Å². The van der Waals surface area contributed by atoms with Crippen molar-refractivity contribution in [1.29, 1.82) is 0 Å². The summed E-state index contributed by atoms with van der Waals surface area (Å²) in [4.78, 5) is 16.1. The molecule has 0 bridgehead atoms. The van der Waals surface area contributed by atoms with Crippen LogP contribution in [0, 0.1) is 18.8 Å². The zero-order valence-electron chi connectivity index (χ0n) is 11.5. The fraction of sp³-hybridized carbons (Fsp3) is 0.571. The number of carbonyl (C=O) groups excluding carboxylic acids is 1. The van der Waals surface area contributed by atoms with Crippen LogP contribution in [0.3, 0.4) is 0 Å². The number of nitrogens with one attached hydrogen (secondary N) is 1. The van der Waals surface area contributed by atoms with Crippen LogP contribution in [0.4, 0.5) is 18.9 Å². The van der Waals surface area contributed by atoms with Crippen molar-refractivity contribution in [2.45, 2.75) is 38.8 Å². The third-order valence-corrected chi connectivity index (χ3v) is 4.17. The number of aromatic nitrogens is 1. The Balaban J connectivity index is 2.18. The standard InChI is InChI=1S/C14H16ClF3N2O/c1-8-6-7-19-12(15)11(8)20-13(21)9-4-2-3-5-10(9)14(16,17)18/h6-7,9-10H,2-5H2,1H3,(H,20,21). The fourth-order valence-corrected chi connectivity index (χ4v) is 2.98. The van der Waals surface area contributed by atoms with Crippen LogP contribution in [0.15, 0.2) is 12.3 Å². The Morgan fingerprint density at radius 1 is 1.38 bits per heavy atom. The minimum Gasteiger partial charge on any atom is -0.323 e. The highest BCUT2D eigenvalue weighted by molar-refractivity contribution is 6.32. The van der Waals surface area contributed by atoms with E-state index in [4.69, 9.17) is 11.6 Å². The average Bonchev–Trinajstić information content (AvgIpc) is 2.42. The molecular weight excluding hydrogens is 305 g/mol. The molecule has 1 aliphatic rings. The Hall–Kier alpha value is -1.30. The predicted molar refractivity (Wildman–Crippen MR) is 74.1 cm³/mol. The Labute approximate surface area is 125 Å². The third kappa shape index (κ3) is 3.67. The molecule has 2 rings (SSSR count). The van der Waals surface area contributed by atoms with Crippen molar-refractivity contribution in [2.24, 2.45) is 11.8 Å².